The van der Waals surface area contributed by atoms with E-state index in [1.54, 1.807) is 7.11 Å². The van der Waals surface area contributed by atoms with E-state index >= 15 is 0 Å². The summed E-state index contributed by atoms with van der Waals surface area (Å²) < 4.78 is 5.13. The number of carboxylic acids is 1. The van der Waals surface area contributed by atoms with Crippen LogP contribution in [-0.4, -0.2) is 18.2 Å². The van der Waals surface area contributed by atoms with Crippen LogP contribution in [0, 0.1) is 0 Å². The van der Waals surface area contributed by atoms with Gasteiger partial charge in [-0.05, 0) is 43.4 Å². The lowest BCUT2D eigenvalue weighted by Gasteiger charge is -2.13. The molecule has 0 saturated carbocycles. The molecule has 0 aliphatic heterocycles. The van der Waals surface area contributed by atoms with E-state index in [4.69, 9.17) is 4.74 Å². The Morgan fingerprint density at radius 2 is 1.60 bits per heavy atom. The molecule has 0 heterocycles. The number of aliphatic carboxylic acids is 1. The Kier molecular flexibility index (Phi) is 11.5. The average molecular weight is 347 g/mol. The maximum Gasteiger partial charge on any atom is 0.310 e. The molecule has 0 aromatic heterocycles. The minimum absolute atomic E-state index is 0.408. The van der Waals surface area contributed by atoms with Gasteiger partial charge in [0.1, 0.15) is 5.75 Å². The molecule has 0 radical (unpaired) electrons. The van der Waals surface area contributed by atoms with Gasteiger partial charge in [-0.2, -0.15) is 0 Å². The Morgan fingerprint density at radius 1 is 1.00 bits per heavy atom. The lowest BCUT2D eigenvalue weighted by molar-refractivity contribution is -0.139. The Labute approximate surface area is 153 Å². The van der Waals surface area contributed by atoms with Crippen molar-refractivity contribution in [1.29, 1.82) is 0 Å². The van der Waals surface area contributed by atoms with Gasteiger partial charge in [0.25, 0.3) is 0 Å². The molecule has 0 saturated heterocycles. The number of benzene rings is 1. The van der Waals surface area contributed by atoms with Crippen molar-refractivity contribution >= 4 is 5.97 Å². The van der Waals surface area contributed by atoms with E-state index in [1.807, 2.05) is 24.3 Å². The summed E-state index contributed by atoms with van der Waals surface area (Å²) in [6.45, 7) is 2.20. The van der Waals surface area contributed by atoms with Crippen LogP contribution in [0.2, 0.25) is 0 Å². The fraction of sp³-hybridized carbons (Fsp3) is 0.591. The van der Waals surface area contributed by atoms with E-state index in [1.165, 1.54) is 44.9 Å². The fourth-order valence-electron chi connectivity index (χ4n) is 2.99. The van der Waals surface area contributed by atoms with Crippen LogP contribution in [0.5, 0.6) is 5.75 Å². The number of hydrogen-bond donors (Lipinski definition) is 1. The number of ether oxygens (including phenoxy) is 1. The van der Waals surface area contributed by atoms with E-state index in [9.17, 15) is 9.90 Å². The highest BCUT2D eigenvalue weighted by Crippen LogP contribution is 2.25. The second kappa shape index (κ2) is 13.5. The Hall–Kier alpha value is -1.77. The maximum atomic E-state index is 11.5. The van der Waals surface area contributed by atoms with E-state index in [2.05, 4.69) is 19.1 Å². The van der Waals surface area contributed by atoms with Crippen molar-refractivity contribution in [3.8, 4) is 5.75 Å². The smallest absolute Gasteiger partial charge is 0.310 e. The molecular weight excluding hydrogens is 312 g/mol. The highest BCUT2D eigenvalue weighted by atomic mass is 16.5. The van der Waals surface area contributed by atoms with Crippen molar-refractivity contribution in [3.05, 3.63) is 42.0 Å². The van der Waals surface area contributed by atoms with Gasteiger partial charge in [-0.25, -0.2) is 0 Å². The van der Waals surface area contributed by atoms with Gasteiger partial charge in [-0.15, -0.1) is 0 Å². The molecule has 1 unspecified atom stereocenters. The summed E-state index contributed by atoms with van der Waals surface area (Å²) in [5.74, 6) is -0.379. The molecule has 0 fully saturated rings. The first-order valence-electron chi connectivity index (χ1n) is 9.70. The Morgan fingerprint density at radius 3 is 2.20 bits per heavy atom. The Bertz CT molecular complexity index is 490. The molecule has 140 valence electrons. The molecular formula is C22H34O3. The zero-order chi connectivity index (χ0) is 18.3. The molecule has 1 aromatic carbocycles. The highest BCUT2D eigenvalue weighted by Gasteiger charge is 2.19. The molecule has 1 N–H and O–H groups in total. The molecule has 0 bridgehead atoms. The van der Waals surface area contributed by atoms with Crippen molar-refractivity contribution in [1.82, 2.24) is 0 Å². The number of methoxy groups -OCH3 is 1. The number of allylic oxidation sites excluding steroid dienone is 2. The molecule has 0 aliphatic carbocycles. The van der Waals surface area contributed by atoms with E-state index in [0.717, 1.165) is 24.2 Å². The third-order valence-electron chi connectivity index (χ3n) is 4.55. The maximum absolute atomic E-state index is 11.5. The van der Waals surface area contributed by atoms with Crippen molar-refractivity contribution in [2.75, 3.05) is 7.11 Å². The van der Waals surface area contributed by atoms with Crippen LogP contribution in [0.15, 0.2) is 36.4 Å². The minimum atomic E-state index is -0.732. The first-order valence-corrected chi connectivity index (χ1v) is 9.70. The minimum Gasteiger partial charge on any atom is -0.497 e. The monoisotopic (exact) mass is 346 g/mol. The van der Waals surface area contributed by atoms with Gasteiger partial charge in [0, 0.05) is 0 Å². The van der Waals surface area contributed by atoms with Gasteiger partial charge in [0.05, 0.1) is 13.0 Å². The molecule has 0 aliphatic rings. The van der Waals surface area contributed by atoms with Gasteiger partial charge in [-0.1, -0.05) is 69.7 Å². The van der Waals surface area contributed by atoms with Crippen LogP contribution in [0.1, 0.15) is 82.6 Å². The molecule has 3 heteroatoms. The molecule has 0 spiro atoms. The van der Waals surface area contributed by atoms with Crippen LogP contribution < -0.4 is 4.74 Å². The highest BCUT2D eigenvalue weighted by molar-refractivity contribution is 5.76. The standard InChI is InChI=1S/C22H34O3/c1-3-4-5-6-7-8-9-10-11-12-13-14-21(22(23)24)19-15-17-20(25-2)18-16-19/h5-6,15-18,21H,3-4,7-14H2,1-2H3,(H,23,24)/b6-5+. The van der Waals surface area contributed by atoms with Crippen molar-refractivity contribution in [2.24, 2.45) is 0 Å². The first kappa shape index (κ1) is 21.3. The summed E-state index contributed by atoms with van der Waals surface area (Å²) in [6, 6.07) is 7.40. The summed E-state index contributed by atoms with van der Waals surface area (Å²) >= 11 is 0. The molecule has 3 nitrogen and oxygen atoms in total. The number of unbranched alkanes of at least 4 members (excludes halogenated alkanes) is 7. The molecule has 1 aromatic rings. The number of hydrogen-bond acceptors (Lipinski definition) is 2. The topological polar surface area (TPSA) is 46.5 Å². The third kappa shape index (κ3) is 9.33. The van der Waals surface area contributed by atoms with E-state index in [-0.39, 0.29) is 0 Å². The molecule has 0 amide bonds. The number of rotatable bonds is 14. The Balaban J connectivity index is 2.18. The summed E-state index contributed by atoms with van der Waals surface area (Å²) in [4.78, 5) is 11.5. The normalized spacial score (nSPS) is 12.4. The van der Waals surface area contributed by atoms with Crippen LogP contribution in [-0.2, 0) is 4.79 Å². The zero-order valence-electron chi connectivity index (χ0n) is 15.9. The van der Waals surface area contributed by atoms with Crippen molar-refractivity contribution < 1.29 is 14.6 Å². The quantitative estimate of drug-likeness (QED) is 0.316. The van der Waals surface area contributed by atoms with E-state index in [0.29, 0.717) is 6.42 Å². The second-order valence-electron chi connectivity index (χ2n) is 6.62. The summed E-state index contributed by atoms with van der Waals surface area (Å²) in [5.41, 5.74) is 0.868. The van der Waals surface area contributed by atoms with Gasteiger partial charge in [0.15, 0.2) is 0 Å². The number of carbonyl (C=O) groups is 1. The second-order valence-corrected chi connectivity index (χ2v) is 6.62. The van der Waals surface area contributed by atoms with Crippen LogP contribution in [0.4, 0.5) is 0 Å². The first-order chi connectivity index (χ1) is 12.2. The van der Waals surface area contributed by atoms with Crippen molar-refractivity contribution in [2.45, 2.75) is 77.0 Å². The fourth-order valence-corrected chi connectivity index (χ4v) is 2.99. The predicted octanol–water partition coefficient (Wildman–Crippen LogP) is 6.34. The van der Waals surface area contributed by atoms with Crippen LogP contribution >= 0.6 is 0 Å². The number of carboxylic acid groups (broad SMARTS) is 1. The molecule has 1 rings (SSSR count). The van der Waals surface area contributed by atoms with Gasteiger partial charge < -0.3 is 9.84 Å². The van der Waals surface area contributed by atoms with Gasteiger partial charge in [-0.3, -0.25) is 4.79 Å². The van der Waals surface area contributed by atoms with Gasteiger partial charge in [0.2, 0.25) is 0 Å². The zero-order valence-corrected chi connectivity index (χ0v) is 15.9. The van der Waals surface area contributed by atoms with Crippen LogP contribution in [0.25, 0.3) is 0 Å². The largest absolute Gasteiger partial charge is 0.497 e. The van der Waals surface area contributed by atoms with Crippen molar-refractivity contribution in [3.63, 3.8) is 0 Å². The van der Waals surface area contributed by atoms with Gasteiger partial charge >= 0.3 is 5.97 Å². The summed E-state index contributed by atoms with van der Waals surface area (Å²) in [7, 11) is 1.62. The summed E-state index contributed by atoms with van der Waals surface area (Å²) in [5, 5.41) is 9.48. The molecule has 25 heavy (non-hydrogen) atoms. The summed E-state index contributed by atoms with van der Waals surface area (Å²) in [6.07, 6.45) is 16.0. The average Bonchev–Trinajstić information content (AvgIpc) is 2.62. The third-order valence-corrected chi connectivity index (χ3v) is 4.55. The predicted molar refractivity (Wildman–Crippen MR) is 104 cm³/mol. The van der Waals surface area contributed by atoms with E-state index < -0.39 is 11.9 Å². The van der Waals surface area contributed by atoms with Crippen LogP contribution in [0.3, 0.4) is 0 Å². The lowest BCUT2D eigenvalue weighted by atomic mass is 9.93. The molecule has 1 atom stereocenters. The lowest BCUT2D eigenvalue weighted by Crippen LogP contribution is -2.11. The SMILES string of the molecule is CCC/C=C/CCCCCCCCC(C(=O)O)c1ccc(OC)cc1.